The van der Waals surface area contributed by atoms with Crippen LogP contribution in [0.15, 0.2) is 30.6 Å². The third-order valence-electron chi connectivity index (χ3n) is 2.55. The molecule has 96 valence electrons. The second kappa shape index (κ2) is 6.02. The summed E-state index contributed by atoms with van der Waals surface area (Å²) in [6.07, 6.45) is 1.69. The van der Waals surface area contributed by atoms with E-state index in [1.807, 2.05) is 16.7 Å². The summed E-state index contributed by atoms with van der Waals surface area (Å²) in [5.41, 5.74) is 0.925. The van der Waals surface area contributed by atoms with E-state index < -0.39 is 0 Å². The first-order valence-corrected chi connectivity index (χ1v) is 5.68. The largest absolute Gasteiger partial charge is 0.508 e. The molecule has 0 unspecified atom stereocenters. The average molecular weight is 248 g/mol. The molecule has 0 aliphatic heterocycles. The molecule has 0 fully saturated rings. The van der Waals surface area contributed by atoms with E-state index in [9.17, 15) is 5.11 Å². The highest BCUT2D eigenvalue weighted by Crippen LogP contribution is 2.14. The van der Waals surface area contributed by atoms with Crippen LogP contribution in [-0.4, -0.2) is 33.6 Å². The number of hydrogen-bond acceptors (Lipinski definition) is 5. The molecule has 1 heterocycles. The number of benzene rings is 1. The molecule has 0 spiro atoms. The number of aromatic hydroxyl groups is 1. The van der Waals surface area contributed by atoms with E-state index in [1.54, 1.807) is 25.6 Å². The molecule has 0 aliphatic rings. The molecule has 6 nitrogen and oxygen atoms in total. The van der Waals surface area contributed by atoms with Crippen LogP contribution in [0.5, 0.6) is 5.75 Å². The summed E-state index contributed by atoms with van der Waals surface area (Å²) in [5, 5.41) is 20.3. The van der Waals surface area contributed by atoms with Crippen LogP contribution in [0.4, 0.5) is 5.69 Å². The summed E-state index contributed by atoms with van der Waals surface area (Å²) < 4.78 is 6.96. The molecule has 0 aliphatic carbocycles. The van der Waals surface area contributed by atoms with Crippen LogP contribution in [-0.2, 0) is 17.8 Å². The fraction of sp³-hybridized carbons (Fsp3) is 0.333. The van der Waals surface area contributed by atoms with Gasteiger partial charge >= 0.3 is 0 Å². The van der Waals surface area contributed by atoms with Gasteiger partial charge in [-0.25, -0.2) is 0 Å². The van der Waals surface area contributed by atoms with Gasteiger partial charge < -0.3 is 19.7 Å². The SMILES string of the molecule is COCCn1cnnc1CNc1ccc(O)cc1. The highest BCUT2D eigenvalue weighted by Gasteiger charge is 2.03. The number of ether oxygens (including phenoxy) is 1. The maximum atomic E-state index is 9.18. The number of rotatable bonds is 6. The van der Waals surface area contributed by atoms with Gasteiger partial charge in [0.05, 0.1) is 13.2 Å². The molecule has 2 rings (SSSR count). The highest BCUT2D eigenvalue weighted by molar-refractivity contribution is 5.45. The van der Waals surface area contributed by atoms with Crippen LogP contribution in [0.1, 0.15) is 5.82 Å². The van der Waals surface area contributed by atoms with Crippen LogP contribution in [0.3, 0.4) is 0 Å². The fourth-order valence-electron chi connectivity index (χ4n) is 1.55. The van der Waals surface area contributed by atoms with Gasteiger partial charge in [0.2, 0.25) is 0 Å². The molecule has 0 saturated heterocycles. The average Bonchev–Trinajstić information content (AvgIpc) is 2.83. The zero-order chi connectivity index (χ0) is 12.8. The van der Waals surface area contributed by atoms with Crippen molar-refractivity contribution in [3.8, 4) is 5.75 Å². The van der Waals surface area contributed by atoms with E-state index in [-0.39, 0.29) is 5.75 Å². The number of hydrogen-bond donors (Lipinski definition) is 2. The van der Waals surface area contributed by atoms with Crippen molar-refractivity contribution in [1.29, 1.82) is 0 Å². The van der Waals surface area contributed by atoms with E-state index in [0.29, 0.717) is 13.2 Å². The van der Waals surface area contributed by atoms with Gasteiger partial charge in [-0.2, -0.15) is 0 Å². The predicted octanol–water partition coefficient (Wildman–Crippen LogP) is 1.24. The Morgan fingerprint density at radius 3 is 2.83 bits per heavy atom. The molecule has 0 saturated carbocycles. The van der Waals surface area contributed by atoms with Crippen LogP contribution >= 0.6 is 0 Å². The van der Waals surface area contributed by atoms with Crippen molar-refractivity contribution in [3.63, 3.8) is 0 Å². The minimum absolute atomic E-state index is 0.254. The predicted molar refractivity (Wildman–Crippen MR) is 67.3 cm³/mol. The van der Waals surface area contributed by atoms with E-state index in [2.05, 4.69) is 15.5 Å². The van der Waals surface area contributed by atoms with Gasteiger partial charge in [-0.1, -0.05) is 0 Å². The normalized spacial score (nSPS) is 10.5. The summed E-state index contributed by atoms with van der Waals surface area (Å²) in [5.74, 6) is 1.10. The van der Waals surface area contributed by atoms with Gasteiger partial charge in [0.1, 0.15) is 12.1 Å². The molecule has 18 heavy (non-hydrogen) atoms. The van der Waals surface area contributed by atoms with Crippen molar-refractivity contribution in [2.24, 2.45) is 0 Å². The van der Waals surface area contributed by atoms with Crippen molar-refractivity contribution < 1.29 is 9.84 Å². The van der Waals surface area contributed by atoms with Gasteiger partial charge in [0.15, 0.2) is 5.82 Å². The molecule has 6 heteroatoms. The maximum absolute atomic E-state index is 9.18. The van der Waals surface area contributed by atoms with E-state index in [4.69, 9.17) is 4.74 Å². The number of anilines is 1. The number of phenolic OH excluding ortho intramolecular Hbond substituents is 1. The van der Waals surface area contributed by atoms with Crippen LogP contribution < -0.4 is 5.32 Å². The van der Waals surface area contributed by atoms with Crippen molar-refractivity contribution in [2.45, 2.75) is 13.1 Å². The molecule has 1 aromatic carbocycles. The summed E-state index contributed by atoms with van der Waals surface area (Å²) in [6.45, 7) is 1.94. The van der Waals surface area contributed by atoms with Crippen LogP contribution in [0, 0.1) is 0 Å². The summed E-state index contributed by atoms with van der Waals surface area (Å²) in [7, 11) is 1.67. The van der Waals surface area contributed by atoms with Gasteiger partial charge in [0, 0.05) is 19.3 Å². The lowest BCUT2D eigenvalue weighted by molar-refractivity contribution is 0.186. The summed E-state index contributed by atoms with van der Waals surface area (Å²) in [4.78, 5) is 0. The Morgan fingerprint density at radius 2 is 2.11 bits per heavy atom. The molecule has 2 N–H and O–H groups in total. The zero-order valence-electron chi connectivity index (χ0n) is 10.2. The molecule has 0 bridgehead atoms. The van der Waals surface area contributed by atoms with Crippen molar-refractivity contribution in [3.05, 3.63) is 36.4 Å². The Labute approximate surface area is 105 Å². The van der Waals surface area contributed by atoms with Crippen LogP contribution in [0.25, 0.3) is 0 Å². The van der Waals surface area contributed by atoms with Crippen molar-refractivity contribution in [2.75, 3.05) is 19.0 Å². The highest BCUT2D eigenvalue weighted by atomic mass is 16.5. The van der Waals surface area contributed by atoms with Gasteiger partial charge in [-0.3, -0.25) is 0 Å². The molecule has 1 aromatic heterocycles. The molecular weight excluding hydrogens is 232 g/mol. The molecule has 0 radical (unpaired) electrons. The van der Waals surface area contributed by atoms with E-state index >= 15 is 0 Å². The summed E-state index contributed by atoms with van der Waals surface area (Å²) >= 11 is 0. The summed E-state index contributed by atoms with van der Waals surface area (Å²) in [6, 6.07) is 6.90. The number of phenols is 1. The van der Waals surface area contributed by atoms with Gasteiger partial charge in [-0.05, 0) is 24.3 Å². The first kappa shape index (κ1) is 12.4. The third-order valence-corrected chi connectivity index (χ3v) is 2.55. The van der Waals surface area contributed by atoms with E-state index in [0.717, 1.165) is 18.1 Å². The quantitative estimate of drug-likeness (QED) is 0.752. The molecule has 2 aromatic rings. The van der Waals surface area contributed by atoms with E-state index in [1.165, 1.54) is 0 Å². The minimum atomic E-state index is 0.254. The first-order chi connectivity index (χ1) is 8.79. The maximum Gasteiger partial charge on any atom is 0.152 e. The number of nitrogens with one attached hydrogen (secondary N) is 1. The minimum Gasteiger partial charge on any atom is -0.508 e. The standard InChI is InChI=1S/C12H16N4O2/c1-18-7-6-16-9-14-15-12(16)8-13-10-2-4-11(17)5-3-10/h2-5,9,13,17H,6-8H2,1H3. The monoisotopic (exact) mass is 248 g/mol. The van der Waals surface area contributed by atoms with Gasteiger partial charge in [-0.15, -0.1) is 10.2 Å². The van der Waals surface area contributed by atoms with Crippen molar-refractivity contribution >= 4 is 5.69 Å². The lowest BCUT2D eigenvalue weighted by Crippen LogP contribution is -2.11. The second-order valence-corrected chi connectivity index (χ2v) is 3.83. The lowest BCUT2D eigenvalue weighted by atomic mass is 10.3. The number of aromatic nitrogens is 3. The smallest absolute Gasteiger partial charge is 0.152 e. The third kappa shape index (κ3) is 3.21. The van der Waals surface area contributed by atoms with Crippen LogP contribution in [0.2, 0.25) is 0 Å². The van der Waals surface area contributed by atoms with Gasteiger partial charge in [0.25, 0.3) is 0 Å². The Hall–Kier alpha value is -2.08. The Balaban J connectivity index is 1.93. The Morgan fingerprint density at radius 1 is 1.33 bits per heavy atom. The molecule has 0 amide bonds. The first-order valence-electron chi connectivity index (χ1n) is 5.68. The molecule has 0 atom stereocenters. The van der Waals surface area contributed by atoms with Crippen molar-refractivity contribution in [1.82, 2.24) is 14.8 Å². The molecular formula is C12H16N4O2. The number of nitrogens with zero attached hydrogens (tertiary/aromatic N) is 3. The second-order valence-electron chi connectivity index (χ2n) is 3.83. The zero-order valence-corrected chi connectivity index (χ0v) is 10.2. The lowest BCUT2D eigenvalue weighted by Gasteiger charge is -2.08. The Bertz CT molecular complexity index is 481. The number of methoxy groups -OCH3 is 1. The fourth-order valence-corrected chi connectivity index (χ4v) is 1.55. The Kier molecular flexibility index (Phi) is 4.14. The topological polar surface area (TPSA) is 72.2 Å².